The topological polar surface area (TPSA) is 141 Å². The third-order valence-corrected chi connectivity index (χ3v) is 5.40. The van der Waals surface area contributed by atoms with Gasteiger partial charge in [0.15, 0.2) is 23.8 Å². The summed E-state index contributed by atoms with van der Waals surface area (Å²) in [6.45, 7) is 3.18. The van der Waals surface area contributed by atoms with E-state index in [0.29, 0.717) is 0 Å². The lowest BCUT2D eigenvalue weighted by atomic mass is 10.0. The number of rotatable bonds is 5. The molecule has 3 heterocycles. The molecule has 0 aromatic carbocycles. The molecule has 10 nitrogen and oxygen atoms in total. The smallest absolute Gasteiger partial charge is 0.327 e. The molecule has 1 aliphatic heterocycles. The maximum absolute atomic E-state index is 15.4. The predicted octanol–water partition coefficient (Wildman–Crippen LogP) is 2.87. The molecular weight excluding hydrogens is 491 g/mol. The number of carbonyl (C=O) groups excluding carboxylic acids is 1. The second-order valence-corrected chi connectivity index (χ2v) is 7.25. The molecule has 3 rings (SSSR count). The largest absolute Gasteiger partial charge is 0.456 e. The minimum Gasteiger partial charge on any atom is -0.456 e. The zero-order valence-electron chi connectivity index (χ0n) is 14.8. The van der Waals surface area contributed by atoms with Crippen LogP contribution >= 0.6 is 22.6 Å². The summed E-state index contributed by atoms with van der Waals surface area (Å²) < 4.78 is 41.1. The second kappa shape index (κ2) is 7.64. The molecule has 2 N–H and O–H groups in total. The number of halogens is 3. The Balaban J connectivity index is 2.08. The fourth-order valence-corrected chi connectivity index (χ4v) is 3.69. The molecule has 1 fully saturated rings. The van der Waals surface area contributed by atoms with Crippen molar-refractivity contribution in [1.82, 2.24) is 14.6 Å². The Hall–Kier alpha value is -2.25. The summed E-state index contributed by atoms with van der Waals surface area (Å²) in [5.41, 5.74) is 13.2. The lowest BCUT2D eigenvalue weighted by molar-refractivity contribution is -0.163. The van der Waals surface area contributed by atoms with Crippen molar-refractivity contribution >= 4 is 39.9 Å². The van der Waals surface area contributed by atoms with Crippen LogP contribution < -0.4 is 5.73 Å². The zero-order chi connectivity index (χ0) is 20.6. The van der Waals surface area contributed by atoms with Crippen molar-refractivity contribution in [1.29, 1.82) is 0 Å². The molecule has 1 saturated heterocycles. The number of nitrogens with two attached hydrogens (primary N) is 1. The molecule has 2 aromatic rings. The van der Waals surface area contributed by atoms with E-state index in [1.165, 1.54) is 12.1 Å². The van der Waals surface area contributed by atoms with Crippen molar-refractivity contribution in [2.45, 2.75) is 38.0 Å². The lowest BCUT2D eigenvalue weighted by Crippen LogP contribution is -2.45. The Morgan fingerprint density at radius 1 is 1.61 bits per heavy atom. The van der Waals surface area contributed by atoms with Gasteiger partial charge in [0.1, 0.15) is 11.6 Å². The number of hydrogen-bond donors (Lipinski definition) is 1. The fraction of sp³-hybridized carbons (Fsp3) is 0.533. The van der Waals surface area contributed by atoms with Crippen LogP contribution in [0, 0.1) is 12.0 Å². The highest BCUT2D eigenvalue weighted by molar-refractivity contribution is 14.1. The van der Waals surface area contributed by atoms with Crippen molar-refractivity contribution in [2.75, 3.05) is 10.2 Å². The Kier molecular flexibility index (Phi) is 5.59. The van der Waals surface area contributed by atoms with Crippen molar-refractivity contribution in [3.05, 3.63) is 34.3 Å². The van der Waals surface area contributed by atoms with Crippen molar-refractivity contribution in [3.63, 3.8) is 0 Å². The first-order chi connectivity index (χ1) is 13.2. The Morgan fingerprint density at radius 3 is 2.93 bits per heavy atom. The van der Waals surface area contributed by atoms with Crippen molar-refractivity contribution in [2.24, 2.45) is 11.0 Å². The molecule has 1 aliphatic rings. The molecule has 0 aliphatic carbocycles. The van der Waals surface area contributed by atoms with E-state index in [2.05, 4.69) is 20.1 Å². The van der Waals surface area contributed by atoms with E-state index < -0.39 is 42.1 Å². The summed E-state index contributed by atoms with van der Waals surface area (Å²) >= 11 is 1.85. The molecule has 4 atom stereocenters. The van der Waals surface area contributed by atoms with E-state index >= 15 is 4.39 Å². The number of nitrogen functional groups attached to an aromatic ring is 1. The monoisotopic (exact) mass is 507 g/mol. The first-order valence-corrected chi connectivity index (χ1v) is 9.72. The first kappa shape index (κ1) is 20.5. The van der Waals surface area contributed by atoms with Gasteiger partial charge < -0.3 is 15.2 Å². The van der Waals surface area contributed by atoms with Gasteiger partial charge in [-0.3, -0.25) is 4.79 Å². The van der Waals surface area contributed by atoms with E-state index in [9.17, 15) is 9.18 Å². The summed E-state index contributed by atoms with van der Waals surface area (Å²) in [7, 11) is 0. The number of azide groups is 1. The molecule has 28 heavy (non-hydrogen) atoms. The van der Waals surface area contributed by atoms with Gasteiger partial charge in [0.05, 0.1) is 11.6 Å². The van der Waals surface area contributed by atoms with Gasteiger partial charge >= 0.3 is 12.0 Å². The van der Waals surface area contributed by atoms with E-state index in [0.717, 1.165) is 4.52 Å². The summed E-state index contributed by atoms with van der Waals surface area (Å²) in [5, 5.41) is 7.19. The average molecular weight is 507 g/mol. The summed E-state index contributed by atoms with van der Waals surface area (Å²) in [4.78, 5) is 18.2. The van der Waals surface area contributed by atoms with E-state index in [1.807, 2.05) is 22.6 Å². The molecule has 13 heteroatoms. The predicted molar refractivity (Wildman–Crippen MR) is 102 cm³/mol. The van der Waals surface area contributed by atoms with Crippen molar-refractivity contribution in [3.8, 4) is 0 Å². The van der Waals surface area contributed by atoms with Crippen LogP contribution in [0.3, 0.4) is 0 Å². The van der Waals surface area contributed by atoms with Gasteiger partial charge in [0.2, 0.25) is 0 Å². The normalized spacial score (nSPS) is 27.1. The quantitative estimate of drug-likeness (QED) is 0.165. The molecule has 0 bridgehead atoms. The lowest BCUT2D eigenvalue weighted by Gasteiger charge is -2.27. The number of esters is 1. The van der Waals surface area contributed by atoms with Gasteiger partial charge in [-0.25, -0.2) is 8.91 Å². The van der Waals surface area contributed by atoms with Crippen LogP contribution in [0.2, 0.25) is 0 Å². The number of nitrogens with zero attached hydrogens (tertiary/aromatic N) is 6. The first-order valence-electron chi connectivity index (χ1n) is 8.19. The van der Waals surface area contributed by atoms with Crippen LogP contribution in [0.4, 0.5) is 14.6 Å². The minimum absolute atomic E-state index is 0.0105. The Morgan fingerprint density at radius 2 is 2.32 bits per heavy atom. The highest BCUT2D eigenvalue weighted by Gasteiger charge is 2.58. The molecule has 0 spiro atoms. The van der Waals surface area contributed by atoms with Crippen LogP contribution in [-0.2, 0) is 14.3 Å². The average Bonchev–Trinajstić information content (AvgIpc) is 3.16. The number of carbonyl (C=O) groups is 1. The maximum atomic E-state index is 15.4. The SMILES string of the molecule is CC(C)C(=O)OC1C(F)C(c2ccc3c(N)nc(F)nn23)OC1(CI)N=[N+]=[N-]. The molecule has 4 unspecified atom stereocenters. The van der Waals surface area contributed by atoms with Crippen LogP contribution in [0.15, 0.2) is 17.2 Å². The number of ether oxygens (including phenoxy) is 2. The highest BCUT2D eigenvalue weighted by atomic mass is 127. The molecule has 0 amide bonds. The highest BCUT2D eigenvalue weighted by Crippen LogP contribution is 2.46. The summed E-state index contributed by atoms with van der Waals surface area (Å²) in [5.74, 6) is -1.33. The molecule has 0 saturated carbocycles. The zero-order valence-corrected chi connectivity index (χ0v) is 16.9. The van der Waals surface area contributed by atoms with Crippen LogP contribution in [0.5, 0.6) is 0 Å². The Bertz CT molecular complexity index is 965. The van der Waals surface area contributed by atoms with Gasteiger partial charge in [-0.1, -0.05) is 41.6 Å². The Labute approximate surface area is 171 Å². The molecular formula is C15H16F2IN7O3. The van der Waals surface area contributed by atoms with Crippen LogP contribution in [0.1, 0.15) is 25.6 Å². The number of hydrogen-bond acceptors (Lipinski definition) is 7. The molecule has 150 valence electrons. The number of fused-ring (bicyclic) bond motifs is 1. The van der Waals surface area contributed by atoms with Crippen LogP contribution in [0.25, 0.3) is 16.0 Å². The number of alkyl halides is 2. The van der Waals surface area contributed by atoms with E-state index in [4.69, 9.17) is 20.7 Å². The standard InChI is InChI=1S/C15H16F2IN7O3/c1-6(2)13(26)27-11-9(16)10(28-15(11,5-18)23-24-20)7-3-4-8-12(19)21-14(17)22-25(7)8/h3-4,6,9-11H,5H2,1-2H3,(H2,19,21,22). The minimum atomic E-state index is -1.90. The number of aromatic nitrogens is 3. The summed E-state index contributed by atoms with van der Waals surface area (Å²) in [6, 6.07) is 2.92. The molecule has 0 radical (unpaired) electrons. The number of anilines is 1. The van der Waals surface area contributed by atoms with Gasteiger partial charge in [-0.05, 0) is 17.7 Å². The van der Waals surface area contributed by atoms with Gasteiger partial charge in [0, 0.05) is 9.34 Å². The third kappa shape index (κ3) is 3.33. The van der Waals surface area contributed by atoms with Crippen molar-refractivity contribution < 1.29 is 23.0 Å². The third-order valence-electron chi connectivity index (χ3n) is 4.31. The van der Waals surface area contributed by atoms with E-state index in [-0.39, 0.29) is 21.5 Å². The van der Waals surface area contributed by atoms with Gasteiger partial charge in [0.25, 0.3) is 0 Å². The van der Waals surface area contributed by atoms with E-state index in [1.54, 1.807) is 13.8 Å². The fourth-order valence-electron chi connectivity index (χ4n) is 2.92. The second-order valence-electron chi connectivity index (χ2n) is 6.48. The van der Waals surface area contributed by atoms with Gasteiger partial charge in [-0.2, -0.15) is 9.37 Å². The maximum Gasteiger partial charge on any atom is 0.327 e. The van der Waals surface area contributed by atoms with Crippen LogP contribution in [-0.4, -0.2) is 43.0 Å². The van der Waals surface area contributed by atoms with Gasteiger partial charge in [-0.15, -0.1) is 5.10 Å². The summed E-state index contributed by atoms with van der Waals surface area (Å²) in [6.07, 6.45) is -5.84. The molecule has 2 aromatic heterocycles.